The molecule has 0 saturated carbocycles. The van der Waals surface area contributed by atoms with E-state index >= 15 is 0 Å². The Balaban J connectivity index is 1.92. The highest BCUT2D eigenvalue weighted by Crippen LogP contribution is 2.29. The standard InChI is InChI=1S/C16H18BrClN2O2/c1-10-7-20(8-13(22-10)9-21-2)15-4-3-11-5-12(17)6-14(18)16(11)19-15/h3-6,10,13H,7-9H2,1-2H3. The molecule has 0 amide bonds. The largest absolute Gasteiger partial charge is 0.382 e. The normalized spacial score (nSPS) is 22.3. The predicted molar refractivity (Wildman–Crippen MR) is 92.9 cm³/mol. The van der Waals surface area contributed by atoms with Gasteiger partial charge in [0.25, 0.3) is 0 Å². The Kier molecular flexibility index (Phi) is 4.88. The second-order valence-electron chi connectivity index (χ2n) is 5.56. The van der Waals surface area contributed by atoms with E-state index < -0.39 is 0 Å². The lowest BCUT2D eigenvalue weighted by molar-refractivity contribution is -0.0512. The van der Waals surface area contributed by atoms with Crippen LogP contribution in [0.3, 0.4) is 0 Å². The highest BCUT2D eigenvalue weighted by atomic mass is 79.9. The number of pyridine rings is 1. The third-order valence-electron chi connectivity index (χ3n) is 3.70. The Labute approximate surface area is 143 Å². The number of nitrogens with zero attached hydrogens (tertiary/aromatic N) is 2. The van der Waals surface area contributed by atoms with Crippen LogP contribution in [0.1, 0.15) is 6.92 Å². The molecular weight excluding hydrogens is 368 g/mol. The van der Waals surface area contributed by atoms with Crippen LogP contribution in [0.15, 0.2) is 28.7 Å². The fourth-order valence-corrected chi connectivity index (χ4v) is 3.71. The number of anilines is 1. The highest BCUT2D eigenvalue weighted by Gasteiger charge is 2.26. The van der Waals surface area contributed by atoms with Gasteiger partial charge in [0.15, 0.2) is 0 Å². The van der Waals surface area contributed by atoms with Gasteiger partial charge in [-0.05, 0) is 31.2 Å². The first kappa shape index (κ1) is 16.0. The van der Waals surface area contributed by atoms with Crippen LogP contribution in [-0.4, -0.2) is 44.0 Å². The van der Waals surface area contributed by atoms with Crippen LogP contribution in [0.5, 0.6) is 0 Å². The molecule has 0 N–H and O–H groups in total. The first-order valence-corrected chi connectivity index (χ1v) is 8.39. The molecule has 6 heteroatoms. The van der Waals surface area contributed by atoms with Gasteiger partial charge in [0, 0.05) is 30.1 Å². The van der Waals surface area contributed by atoms with Crippen molar-refractivity contribution < 1.29 is 9.47 Å². The molecule has 3 rings (SSSR count). The number of benzene rings is 1. The Hall–Kier alpha value is -0.880. The summed E-state index contributed by atoms with van der Waals surface area (Å²) in [7, 11) is 1.69. The molecule has 1 aliphatic rings. The number of hydrogen-bond donors (Lipinski definition) is 0. The minimum atomic E-state index is 0.0617. The molecular formula is C16H18BrClN2O2. The summed E-state index contributed by atoms with van der Waals surface area (Å²) in [5, 5.41) is 1.68. The minimum absolute atomic E-state index is 0.0617. The fourth-order valence-electron chi connectivity index (χ4n) is 2.83. The summed E-state index contributed by atoms with van der Waals surface area (Å²) >= 11 is 9.78. The van der Waals surface area contributed by atoms with Crippen molar-refractivity contribution in [3.63, 3.8) is 0 Å². The average Bonchev–Trinajstić information content (AvgIpc) is 2.46. The number of morpholine rings is 1. The third kappa shape index (κ3) is 3.38. The van der Waals surface area contributed by atoms with Crippen molar-refractivity contribution in [2.75, 3.05) is 31.7 Å². The summed E-state index contributed by atoms with van der Waals surface area (Å²) in [4.78, 5) is 6.98. The van der Waals surface area contributed by atoms with Gasteiger partial charge >= 0.3 is 0 Å². The van der Waals surface area contributed by atoms with Gasteiger partial charge in [-0.1, -0.05) is 27.5 Å². The number of rotatable bonds is 3. The van der Waals surface area contributed by atoms with Gasteiger partial charge in [0.2, 0.25) is 0 Å². The molecule has 0 radical (unpaired) electrons. The quantitative estimate of drug-likeness (QED) is 0.803. The number of fused-ring (bicyclic) bond motifs is 1. The second-order valence-corrected chi connectivity index (χ2v) is 6.88. The lowest BCUT2D eigenvalue weighted by atomic mass is 10.2. The average molecular weight is 386 g/mol. The van der Waals surface area contributed by atoms with E-state index in [1.807, 2.05) is 18.2 Å². The van der Waals surface area contributed by atoms with Gasteiger partial charge in [-0.2, -0.15) is 0 Å². The minimum Gasteiger partial charge on any atom is -0.382 e. The van der Waals surface area contributed by atoms with E-state index in [1.54, 1.807) is 7.11 Å². The Morgan fingerprint density at radius 3 is 3.00 bits per heavy atom. The molecule has 2 atom stereocenters. The van der Waals surface area contributed by atoms with Gasteiger partial charge in [-0.25, -0.2) is 4.98 Å². The van der Waals surface area contributed by atoms with E-state index in [2.05, 4.69) is 33.8 Å². The van der Waals surface area contributed by atoms with Crippen LogP contribution in [-0.2, 0) is 9.47 Å². The molecule has 118 valence electrons. The SMILES string of the molecule is COCC1CN(c2ccc3cc(Br)cc(Cl)c3n2)CC(C)O1. The molecule has 2 aromatic rings. The summed E-state index contributed by atoms with van der Waals surface area (Å²) in [5.41, 5.74) is 0.824. The Bertz CT molecular complexity index is 682. The van der Waals surface area contributed by atoms with Gasteiger partial charge in [-0.3, -0.25) is 0 Å². The number of hydrogen-bond acceptors (Lipinski definition) is 4. The van der Waals surface area contributed by atoms with Crippen molar-refractivity contribution in [1.82, 2.24) is 4.98 Å². The summed E-state index contributed by atoms with van der Waals surface area (Å²) in [6.07, 6.45) is 0.207. The third-order valence-corrected chi connectivity index (χ3v) is 4.44. The van der Waals surface area contributed by atoms with Gasteiger partial charge in [0.1, 0.15) is 5.82 Å². The van der Waals surface area contributed by atoms with Crippen molar-refractivity contribution >= 4 is 44.3 Å². The molecule has 1 aromatic carbocycles. The van der Waals surface area contributed by atoms with E-state index in [0.717, 1.165) is 34.3 Å². The van der Waals surface area contributed by atoms with E-state index in [-0.39, 0.29) is 12.2 Å². The highest BCUT2D eigenvalue weighted by molar-refractivity contribution is 9.10. The van der Waals surface area contributed by atoms with E-state index in [9.17, 15) is 0 Å². The molecule has 0 bridgehead atoms. The van der Waals surface area contributed by atoms with Crippen LogP contribution in [0.4, 0.5) is 5.82 Å². The summed E-state index contributed by atoms with van der Waals surface area (Å²) < 4.78 is 12.1. The zero-order valence-corrected chi connectivity index (χ0v) is 14.9. The molecule has 22 heavy (non-hydrogen) atoms. The zero-order valence-electron chi connectivity index (χ0n) is 12.6. The Morgan fingerprint density at radius 2 is 2.23 bits per heavy atom. The topological polar surface area (TPSA) is 34.6 Å². The molecule has 1 saturated heterocycles. The number of ether oxygens (including phenoxy) is 2. The first-order chi connectivity index (χ1) is 10.6. The Morgan fingerprint density at radius 1 is 1.41 bits per heavy atom. The van der Waals surface area contributed by atoms with E-state index in [1.165, 1.54) is 0 Å². The van der Waals surface area contributed by atoms with Crippen LogP contribution in [0.2, 0.25) is 5.02 Å². The molecule has 2 heterocycles. The summed E-state index contributed by atoms with van der Waals surface area (Å²) in [5.74, 6) is 0.924. The molecule has 4 nitrogen and oxygen atoms in total. The smallest absolute Gasteiger partial charge is 0.129 e. The maximum Gasteiger partial charge on any atom is 0.129 e. The fraction of sp³-hybridized carbons (Fsp3) is 0.438. The first-order valence-electron chi connectivity index (χ1n) is 7.22. The van der Waals surface area contributed by atoms with E-state index in [0.29, 0.717) is 11.6 Å². The van der Waals surface area contributed by atoms with Gasteiger partial charge < -0.3 is 14.4 Å². The van der Waals surface area contributed by atoms with Crippen molar-refractivity contribution in [3.05, 3.63) is 33.8 Å². The maximum absolute atomic E-state index is 6.32. The van der Waals surface area contributed by atoms with Crippen LogP contribution >= 0.6 is 27.5 Å². The maximum atomic E-state index is 6.32. The molecule has 2 unspecified atom stereocenters. The zero-order chi connectivity index (χ0) is 15.7. The number of methoxy groups -OCH3 is 1. The number of halogens is 2. The molecule has 1 aliphatic heterocycles. The summed E-state index contributed by atoms with van der Waals surface area (Å²) in [6.45, 7) is 4.24. The van der Waals surface area contributed by atoms with Crippen LogP contribution < -0.4 is 4.90 Å². The van der Waals surface area contributed by atoms with Crippen LogP contribution in [0, 0.1) is 0 Å². The monoisotopic (exact) mass is 384 g/mol. The number of aromatic nitrogens is 1. The van der Waals surface area contributed by atoms with Gasteiger partial charge in [0.05, 0.1) is 29.4 Å². The van der Waals surface area contributed by atoms with E-state index in [4.69, 9.17) is 26.1 Å². The predicted octanol–water partition coefficient (Wildman–Crippen LogP) is 3.89. The lowest BCUT2D eigenvalue weighted by Crippen LogP contribution is -2.48. The lowest BCUT2D eigenvalue weighted by Gasteiger charge is -2.37. The van der Waals surface area contributed by atoms with Crippen molar-refractivity contribution in [2.45, 2.75) is 19.1 Å². The van der Waals surface area contributed by atoms with Crippen molar-refractivity contribution in [2.24, 2.45) is 0 Å². The second kappa shape index (κ2) is 6.71. The van der Waals surface area contributed by atoms with Crippen molar-refractivity contribution in [1.29, 1.82) is 0 Å². The summed E-state index contributed by atoms with van der Waals surface area (Å²) in [6, 6.07) is 7.98. The van der Waals surface area contributed by atoms with Crippen LogP contribution in [0.25, 0.3) is 10.9 Å². The molecule has 0 spiro atoms. The molecule has 1 fully saturated rings. The molecule has 0 aliphatic carbocycles. The van der Waals surface area contributed by atoms with Gasteiger partial charge in [-0.15, -0.1) is 0 Å². The molecule has 1 aromatic heterocycles. The van der Waals surface area contributed by atoms with Crippen molar-refractivity contribution in [3.8, 4) is 0 Å².